The van der Waals surface area contributed by atoms with Crippen LogP contribution in [0.25, 0.3) is 0 Å². The minimum absolute atomic E-state index is 0. The molecule has 1 aromatic heterocycles. The lowest BCUT2D eigenvalue weighted by atomic mass is 10.1. The van der Waals surface area contributed by atoms with Crippen LogP contribution in [-0.2, 0) is 24.9 Å². The molecule has 7 nitrogen and oxygen atoms in total. The van der Waals surface area contributed by atoms with Gasteiger partial charge in [-0.3, -0.25) is 0 Å². The standard InChI is InChI=1S/C20H30N6O.HI/c1-15-8-5-6-9-17(15)14-25(3)20(21-12-18-10-7-11-27-18)22-13-19-24-23-16(2)26(19)4;/h5-6,8-9,18H,7,10-14H2,1-4H3,(H,21,22);1H. The molecule has 0 radical (unpaired) electrons. The van der Waals surface area contributed by atoms with E-state index in [1.54, 1.807) is 0 Å². The predicted octanol–water partition coefficient (Wildman–Crippen LogP) is 2.81. The molecule has 1 N–H and O–H groups in total. The second-order valence-corrected chi connectivity index (χ2v) is 7.16. The SMILES string of the molecule is Cc1ccccc1CN(C)C(=NCc1nnc(C)n1C)NCC1CCCO1.I. The van der Waals surface area contributed by atoms with Crippen molar-refractivity contribution in [1.29, 1.82) is 0 Å². The second-order valence-electron chi connectivity index (χ2n) is 7.16. The number of benzene rings is 1. The Morgan fingerprint density at radius 3 is 2.75 bits per heavy atom. The minimum Gasteiger partial charge on any atom is -0.376 e. The summed E-state index contributed by atoms with van der Waals surface area (Å²) < 4.78 is 7.72. The first-order valence-corrected chi connectivity index (χ1v) is 9.55. The zero-order valence-corrected chi connectivity index (χ0v) is 19.5. The molecular weight excluding hydrogens is 467 g/mol. The summed E-state index contributed by atoms with van der Waals surface area (Å²) in [6.45, 7) is 7.00. The number of aliphatic imine (C=N–C) groups is 1. The van der Waals surface area contributed by atoms with Crippen LogP contribution in [0.15, 0.2) is 29.3 Å². The number of ether oxygens (including phenoxy) is 1. The summed E-state index contributed by atoms with van der Waals surface area (Å²) in [5.41, 5.74) is 2.58. The third-order valence-electron chi connectivity index (χ3n) is 5.10. The molecule has 8 heteroatoms. The average molecular weight is 498 g/mol. The van der Waals surface area contributed by atoms with E-state index in [1.165, 1.54) is 11.1 Å². The van der Waals surface area contributed by atoms with Gasteiger partial charge in [0.15, 0.2) is 11.8 Å². The average Bonchev–Trinajstić information content (AvgIpc) is 3.28. The van der Waals surface area contributed by atoms with E-state index in [9.17, 15) is 0 Å². The monoisotopic (exact) mass is 498 g/mol. The molecule has 1 aromatic carbocycles. The number of halogens is 1. The van der Waals surface area contributed by atoms with Crippen molar-refractivity contribution in [3.05, 3.63) is 47.0 Å². The molecule has 2 heterocycles. The molecule has 3 rings (SSSR count). The van der Waals surface area contributed by atoms with Crippen LogP contribution < -0.4 is 5.32 Å². The van der Waals surface area contributed by atoms with E-state index in [1.807, 2.05) is 18.5 Å². The van der Waals surface area contributed by atoms with E-state index >= 15 is 0 Å². The first-order chi connectivity index (χ1) is 13.0. The molecule has 1 saturated heterocycles. The predicted molar refractivity (Wildman–Crippen MR) is 122 cm³/mol. The lowest BCUT2D eigenvalue weighted by Gasteiger charge is -2.24. The minimum atomic E-state index is 0. The highest BCUT2D eigenvalue weighted by Gasteiger charge is 2.17. The molecule has 0 spiro atoms. The van der Waals surface area contributed by atoms with Crippen LogP contribution in [0.3, 0.4) is 0 Å². The summed E-state index contributed by atoms with van der Waals surface area (Å²) in [5.74, 6) is 2.60. The summed E-state index contributed by atoms with van der Waals surface area (Å²) in [6, 6.07) is 8.45. The molecule has 154 valence electrons. The van der Waals surface area contributed by atoms with Gasteiger partial charge in [-0.25, -0.2) is 4.99 Å². The smallest absolute Gasteiger partial charge is 0.194 e. The van der Waals surface area contributed by atoms with Gasteiger partial charge >= 0.3 is 0 Å². The number of nitrogens with zero attached hydrogens (tertiary/aromatic N) is 5. The van der Waals surface area contributed by atoms with Crippen molar-refractivity contribution in [2.45, 2.75) is 45.9 Å². The van der Waals surface area contributed by atoms with Gasteiger partial charge < -0.3 is 19.5 Å². The first-order valence-electron chi connectivity index (χ1n) is 9.55. The molecular formula is C20H31IN6O. The number of hydrogen-bond acceptors (Lipinski definition) is 4. The number of nitrogens with one attached hydrogen (secondary N) is 1. The summed E-state index contributed by atoms with van der Waals surface area (Å²) in [5, 5.41) is 11.8. The summed E-state index contributed by atoms with van der Waals surface area (Å²) >= 11 is 0. The topological polar surface area (TPSA) is 67.6 Å². The van der Waals surface area contributed by atoms with E-state index in [4.69, 9.17) is 9.73 Å². The van der Waals surface area contributed by atoms with Crippen LogP contribution in [0.4, 0.5) is 0 Å². The fourth-order valence-corrected chi connectivity index (χ4v) is 3.17. The number of guanidine groups is 1. The Morgan fingerprint density at radius 1 is 1.32 bits per heavy atom. The lowest BCUT2D eigenvalue weighted by Crippen LogP contribution is -2.42. The molecule has 0 bridgehead atoms. The van der Waals surface area contributed by atoms with Crippen molar-refractivity contribution in [3.63, 3.8) is 0 Å². The Morgan fingerprint density at radius 2 is 2.11 bits per heavy atom. The van der Waals surface area contributed by atoms with Crippen molar-refractivity contribution >= 4 is 29.9 Å². The highest BCUT2D eigenvalue weighted by molar-refractivity contribution is 14.0. The van der Waals surface area contributed by atoms with Crippen LogP contribution in [0.1, 0.15) is 35.6 Å². The number of aryl methyl sites for hydroxylation is 2. The molecule has 2 aromatic rings. The van der Waals surface area contributed by atoms with Gasteiger partial charge in [0.25, 0.3) is 0 Å². The summed E-state index contributed by atoms with van der Waals surface area (Å²) in [7, 11) is 4.03. The number of aromatic nitrogens is 3. The molecule has 0 aliphatic carbocycles. The van der Waals surface area contributed by atoms with Gasteiger partial charge in [-0.1, -0.05) is 24.3 Å². The maximum atomic E-state index is 5.74. The number of rotatable bonds is 6. The van der Waals surface area contributed by atoms with E-state index in [-0.39, 0.29) is 30.1 Å². The van der Waals surface area contributed by atoms with E-state index in [0.717, 1.165) is 50.1 Å². The Hall–Kier alpha value is -1.68. The Bertz CT molecular complexity index is 785. The quantitative estimate of drug-likeness (QED) is 0.377. The largest absolute Gasteiger partial charge is 0.376 e. The fourth-order valence-electron chi connectivity index (χ4n) is 3.17. The maximum absolute atomic E-state index is 5.74. The zero-order chi connectivity index (χ0) is 19.2. The van der Waals surface area contributed by atoms with Gasteiger partial charge in [0.2, 0.25) is 0 Å². The fraction of sp³-hybridized carbons (Fsp3) is 0.550. The third kappa shape index (κ3) is 5.91. The van der Waals surface area contributed by atoms with Gasteiger partial charge in [0.05, 0.1) is 6.10 Å². The Balaban J connectivity index is 0.00000280. The van der Waals surface area contributed by atoms with Crippen molar-refractivity contribution in [2.75, 3.05) is 20.2 Å². The van der Waals surface area contributed by atoms with Gasteiger partial charge in [-0.15, -0.1) is 34.2 Å². The normalized spacial score (nSPS) is 16.7. The first kappa shape index (κ1) is 22.6. The zero-order valence-electron chi connectivity index (χ0n) is 17.2. The molecule has 1 aliphatic heterocycles. The molecule has 1 fully saturated rings. The van der Waals surface area contributed by atoms with Crippen molar-refractivity contribution < 1.29 is 4.74 Å². The Kier molecular flexibility index (Phi) is 8.68. The lowest BCUT2D eigenvalue weighted by molar-refractivity contribution is 0.113. The number of hydrogen-bond donors (Lipinski definition) is 1. The van der Waals surface area contributed by atoms with E-state index in [2.05, 4.69) is 58.7 Å². The van der Waals surface area contributed by atoms with Crippen LogP contribution in [0, 0.1) is 13.8 Å². The Labute approximate surface area is 184 Å². The summed E-state index contributed by atoms with van der Waals surface area (Å²) in [4.78, 5) is 6.96. The molecule has 28 heavy (non-hydrogen) atoms. The maximum Gasteiger partial charge on any atom is 0.194 e. The van der Waals surface area contributed by atoms with E-state index in [0.29, 0.717) is 6.54 Å². The molecule has 1 unspecified atom stereocenters. The molecule has 1 aliphatic rings. The highest BCUT2D eigenvalue weighted by Crippen LogP contribution is 2.12. The van der Waals surface area contributed by atoms with Crippen molar-refractivity contribution in [2.24, 2.45) is 12.0 Å². The molecule has 0 saturated carbocycles. The molecule has 1 atom stereocenters. The highest BCUT2D eigenvalue weighted by atomic mass is 127. The van der Waals surface area contributed by atoms with Crippen LogP contribution in [0.5, 0.6) is 0 Å². The van der Waals surface area contributed by atoms with Gasteiger partial charge in [0.1, 0.15) is 12.4 Å². The second kappa shape index (κ2) is 10.8. The third-order valence-corrected chi connectivity index (χ3v) is 5.10. The van der Waals surface area contributed by atoms with Crippen LogP contribution in [0.2, 0.25) is 0 Å². The summed E-state index contributed by atoms with van der Waals surface area (Å²) in [6.07, 6.45) is 2.50. The van der Waals surface area contributed by atoms with Crippen LogP contribution >= 0.6 is 24.0 Å². The van der Waals surface area contributed by atoms with Crippen molar-refractivity contribution in [3.8, 4) is 0 Å². The molecule has 0 amide bonds. The van der Waals surface area contributed by atoms with Gasteiger partial charge in [0, 0.05) is 33.8 Å². The van der Waals surface area contributed by atoms with Crippen molar-refractivity contribution in [1.82, 2.24) is 25.0 Å². The van der Waals surface area contributed by atoms with Crippen LogP contribution in [-0.4, -0.2) is 51.9 Å². The van der Waals surface area contributed by atoms with Gasteiger partial charge in [-0.2, -0.15) is 0 Å². The van der Waals surface area contributed by atoms with Gasteiger partial charge in [-0.05, 0) is 37.8 Å². The van der Waals surface area contributed by atoms with E-state index < -0.39 is 0 Å².